The molecule has 1 fully saturated rings. The van der Waals surface area contributed by atoms with Crippen molar-refractivity contribution in [3.8, 4) is 0 Å². The van der Waals surface area contributed by atoms with Crippen molar-refractivity contribution in [2.75, 3.05) is 24.5 Å². The molecule has 0 bridgehead atoms. The fourth-order valence-electron chi connectivity index (χ4n) is 2.23. The molecule has 1 aliphatic rings. The molecule has 0 aromatic carbocycles. The highest BCUT2D eigenvalue weighted by atomic mass is 15.2. The highest BCUT2D eigenvalue weighted by Gasteiger charge is 2.24. The summed E-state index contributed by atoms with van der Waals surface area (Å²) in [5, 5.41) is 3.49. The van der Waals surface area contributed by atoms with Gasteiger partial charge in [-0.1, -0.05) is 6.92 Å². The molecule has 1 saturated heterocycles. The maximum Gasteiger partial charge on any atom is 0.147 e. The van der Waals surface area contributed by atoms with E-state index in [9.17, 15) is 0 Å². The van der Waals surface area contributed by atoms with E-state index in [1.807, 2.05) is 6.20 Å². The number of anilines is 1. The lowest BCUT2D eigenvalue weighted by atomic mass is 10.2. The Hall–Kier alpha value is -1.16. The molecular formula is C12H20N4. The van der Waals surface area contributed by atoms with Crippen LogP contribution in [0.25, 0.3) is 0 Å². The van der Waals surface area contributed by atoms with Crippen LogP contribution in [0.2, 0.25) is 0 Å². The molecule has 1 aliphatic heterocycles. The van der Waals surface area contributed by atoms with E-state index >= 15 is 0 Å². The summed E-state index contributed by atoms with van der Waals surface area (Å²) in [5.41, 5.74) is 0. The number of nitrogens with zero attached hydrogens (tertiary/aromatic N) is 3. The van der Waals surface area contributed by atoms with Crippen molar-refractivity contribution in [2.45, 2.75) is 32.2 Å². The monoisotopic (exact) mass is 220 g/mol. The topological polar surface area (TPSA) is 41.0 Å². The van der Waals surface area contributed by atoms with Gasteiger partial charge in [-0.05, 0) is 25.8 Å². The molecule has 1 unspecified atom stereocenters. The average molecular weight is 220 g/mol. The molecule has 1 aromatic rings. The van der Waals surface area contributed by atoms with Gasteiger partial charge in [0.1, 0.15) is 5.82 Å². The lowest BCUT2D eigenvalue weighted by Crippen LogP contribution is -2.38. The molecule has 0 aliphatic carbocycles. The highest BCUT2D eigenvalue weighted by Crippen LogP contribution is 2.22. The molecule has 0 spiro atoms. The van der Waals surface area contributed by atoms with Crippen molar-refractivity contribution in [1.82, 2.24) is 15.3 Å². The predicted octanol–water partition coefficient (Wildman–Crippen LogP) is 1.44. The van der Waals surface area contributed by atoms with Gasteiger partial charge in [0.25, 0.3) is 0 Å². The predicted molar refractivity (Wildman–Crippen MR) is 65.6 cm³/mol. The molecule has 0 saturated carbocycles. The molecule has 0 radical (unpaired) electrons. The third-order valence-corrected chi connectivity index (χ3v) is 3.03. The molecule has 88 valence electrons. The first kappa shape index (κ1) is 11.3. The minimum atomic E-state index is 0.586. The molecule has 4 heteroatoms. The fraction of sp³-hybridized carbons (Fsp3) is 0.667. The Morgan fingerprint density at radius 2 is 2.44 bits per heavy atom. The molecular weight excluding hydrogens is 200 g/mol. The second-order valence-corrected chi connectivity index (χ2v) is 4.26. The average Bonchev–Trinajstić information content (AvgIpc) is 2.79. The van der Waals surface area contributed by atoms with Gasteiger partial charge in [0.15, 0.2) is 0 Å². The van der Waals surface area contributed by atoms with Crippen molar-refractivity contribution in [3.63, 3.8) is 0 Å². The van der Waals surface area contributed by atoms with E-state index in [-0.39, 0.29) is 0 Å². The minimum Gasteiger partial charge on any atom is -0.351 e. The molecule has 1 N–H and O–H groups in total. The van der Waals surface area contributed by atoms with Gasteiger partial charge in [-0.3, -0.25) is 4.98 Å². The van der Waals surface area contributed by atoms with Crippen LogP contribution in [-0.4, -0.2) is 35.6 Å². The van der Waals surface area contributed by atoms with Crippen LogP contribution >= 0.6 is 0 Å². The second-order valence-electron chi connectivity index (χ2n) is 4.26. The maximum atomic E-state index is 4.37. The zero-order valence-corrected chi connectivity index (χ0v) is 9.89. The van der Waals surface area contributed by atoms with Gasteiger partial charge < -0.3 is 10.2 Å². The third kappa shape index (κ3) is 2.70. The van der Waals surface area contributed by atoms with Crippen LogP contribution in [0.5, 0.6) is 0 Å². The Labute approximate surface area is 97.1 Å². The van der Waals surface area contributed by atoms with Crippen molar-refractivity contribution >= 4 is 5.82 Å². The van der Waals surface area contributed by atoms with Gasteiger partial charge in [-0.25, -0.2) is 4.98 Å². The molecule has 2 heterocycles. The van der Waals surface area contributed by atoms with Gasteiger partial charge in [-0.2, -0.15) is 0 Å². The second kappa shape index (κ2) is 5.80. The highest BCUT2D eigenvalue weighted by molar-refractivity contribution is 5.38. The molecule has 16 heavy (non-hydrogen) atoms. The van der Waals surface area contributed by atoms with Crippen LogP contribution in [0.4, 0.5) is 5.82 Å². The fourth-order valence-corrected chi connectivity index (χ4v) is 2.23. The summed E-state index contributed by atoms with van der Waals surface area (Å²) in [6, 6.07) is 0.586. The van der Waals surface area contributed by atoms with Crippen LogP contribution in [0.3, 0.4) is 0 Å². The largest absolute Gasteiger partial charge is 0.351 e. The minimum absolute atomic E-state index is 0.586. The van der Waals surface area contributed by atoms with E-state index in [1.165, 1.54) is 19.3 Å². The Morgan fingerprint density at radius 1 is 1.50 bits per heavy atom. The SMILES string of the molecule is CCCNCC1CCCN1c1cnccn1. The van der Waals surface area contributed by atoms with Crippen LogP contribution in [0, 0.1) is 0 Å². The first-order chi connectivity index (χ1) is 7.92. The van der Waals surface area contributed by atoms with Crippen LogP contribution in [0.1, 0.15) is 26.2 Å². The number of nitrogens with one attached hydrogen (secondary N) is 1. The van der Waals surface area contributed by atoms with Gasteiger partial charge in [0.2, 0.25) is 0 Å². The molecule has 1 atom stereocenters. The Balaban J connectivity index is 1.93. The van der Waals surface area contributed by atoms with Crippen molar-refractivity contribution < 1.29 is 0 Å². The number of hydrogen-bond acceptors (Lipinski definition) is 4. The smallest absolute Gasteiger partial charge is 0.147 e. The Morgan fingerprint density at radius 3 is 3.19 bits per heavy atom. The number of hydrogen-bond donors (Lipinski definition) is 1. The Kier molecular flexibility index (Phi) is 4.10. The van der Waals surface area contributed by atoms with Crippen molar-refractivity contribution in [2.24, 2.45) is 0 Å². The summed E-state index contributed by atoms with van der Waals surface area (Å²) in [6.07, 6.45) is 9.06. The number of aromatic nitrogens is 2. The summed E-state index contributed by atoms with van der Waals surface area (Å²) in [6.45, 7) is 5.47. The molecule has 2 rings (SSSR count). The Bertz CT molecular complexity index is 301. The zero-order chi connectivity index (χ0) is 11.2. The van der Waals surface area contributed by atoms with Gasteiger partial charge in [0.05, 0.1) is 6.20 Å². The third-order valence-electron chi connectivity index (χ3n) is 3.03. The van der Waals surface area contributed by atoms with E-state index < -0.39 is 0 Å². The van der Waals surface area contributed by atoms with Gasteiger partial charge in [0, 0.05) is 31.5 Å². The van der Waals surface area contributed by atoms with E-state index in [0.29, 0.717) is 6.04 Å². The van der Waals surface area contributed by atoms with Crippen molar-refractivity contribution in [3.05, 3.63) is 18.6 Å². The van der Waals surface area contributed by atoms with E-state index in [4.69, 9.17) is 0 Å². The standard InChI is InChI=1S/C12H20N4/c1-2-5-13-9-11-4-3-8-16(11)12-10-14-6-7-15-12/h6-7,10-11,13H,2-5,8-9H2,1H3. The first-order valence-corrected chi connectivity index (χ1v) is 6.15. The van der Waals surface area contributed by atoms with Crippen LogP contribution in [-0.2, 0) is 0 Å². The van der Waals surface area contributed by atoms with Crippen LogP contribution < -0.4 is 10.2 Å². The summed E-state index contributed by atoms with van der Waals surface area (Å²) in [4.78, 5) is 10.9. The summed E-state index contributed by atoms with van der Waals surface area (Å²) in [7, 11) is 0. The lowest BCUT2D eigenvalue weighted by molar-refractivity contribution is 0.568. The lowest BCUT2D eigenvalue weighted by Gasteiger charge is -2.25. The normalized spacial score (nSPS) is 20.3. The van der Waals surface area contributed by atoms with Crippen molar-refractivity contribution in [1.29, 1.82) is 0 Å². The van der Waals surface area contributed by atoms with Gasteiger partial charge >= 0.3 is 0 Å². The van der Waals surface area contributed by atoms with E-state index in [2.05, 4.69) is 27.1 Å². The van der Waals surface area contributed by atoms with Gasteiger partial charge in [-0.15, -0.1) is 0 Å². The van der Waals surface area contributed by atoms with E-state index in [1.54, 1.807) is 12.4 Å². The summed E-state index contributed by atoms with van der Waals surface area (Å²) >= 11 is 0. The van der Waals surface area contributed by atoms with E-state index in [0.717, 1.165) is 25.5 Å². The maximum absolute atomic E-state index is 4.37. The quantitative estimate of drug-likeness (QED) is 0.762. The first-order valence-electron chi connectivity index (χ1n) is 6.15. The molecule has 4 nitrogen and oxygen atoms in total. The number of rotatable bonds is 5. The summed E-state index contributed by atoms with van der Waals surface area (Å²) in [5.74, 6) is 1.02. The zero-order valence-electron chi connectivity index (χ0n) is 9.89. The van der Waals surface area contributed by atoms with Crippen LogP contribution in [0.15, 0.2) is 18.6 Å². The molecule has 1 aromatic heterocycles. The summed E-state index contributed by atoms with van der Waals surface area (Å²) < 4.78 is 0. The molecule has 0 amide bonds.